The van der Waals surface area contributed by atoms with Gasteiger partial charge in [-0.3, -0.25) is 4.79 Å². The van der Waals surface area contributed by atoms with Gasteiger partial charge >= 0.3 is 0 Å². The van der Waals surface area contributed by atoms with Gasteiger partial charge in [-0.05, 0) is 44.2 Å². The SMILES string of the molecule is COc1ccc(Br)c(CNCCCn2ccnc2)c1OCC(=O)Nc1ccc(C)cc1. The standard InChI is InChI=1S/C23H27BrN4O3/c1-17-4-6-18(7-5-17)27-22(29)15-31-23-19(20(24)8-9-21(23)30-2)14-25-10-3-12-28-13-11-26-16-28/h4-9,11,13,16,25H,3,10,12,14-15H2,1-2H3,(H,27,29). The van der Waals surface area contributed by atoms with Gasteiger partial charge in [-0.1, -0.05) is 33.6 Å². The van der Waals surface area contributed by atoms with Crippen LogP contribution in [0.25, 0.3) is 0 Å². The van der Waals surface area contributed by atoms with Crippen molar-refractivity contribution in [2.24, 2.45) is 0 Å². The quantitative estimate of drug-likeness (QED) is 0.398. The Balaban J connectivity index is 1.58. The maximum Gasteiger partial charge on any atom is 0.262 e. The Morgan fingerprint density at radius 1 is 1.19 bits per heavy atom. The number of anilines is 1. The number of carbonyl (C=O) groups excluding carboxylic acids is 1. The zero-order chi connectivity index (χ0) is 22.1. The van der Waals surface area contributed by atoms with Gasteiger partial charge in [0.1, 0.15) is 0 Å². The lowest BCUT2D eigenvalue weighted by atomic mass is 10.1. The third kappa shape index (κ3) is 6.83. The number of hydrogen-bond acceptors (Lipinski definition) is 5. The van der Waals surface area contributed by atoms with E-state index in [0.29, 0.717) is 18.0 Å². The number of aromatic nitrogens is 2. The van der Waals surface area contributed by atoms with Crippen molar-refractivity contribution in [2.75, 3.05) is 25.6 Å². The van der Waals surface area contributed by atoms with Gasteiger partial charge in [0.05, 0.1) is 13.4 Å². The first kappa shape index (κ1) is 22.8. The first-order valence-electron chi connectivity index (χ1n) is 10.1. The van der Waals surface area contributed by atoms with Crippen LogP contribution in [0, 0.1) is 6.92 Å². The molecule has 1 amide bonds. The lowest BCUT2D eigenvalue weighted by Gasteiger charge is -2.17. The van der Waals surface area contributed by atoms with Crippen molar-refractivity contribution in [3.63, 3.8) is 0 Å². The fourth-order valence-corrected chi connectivity index (χ4v) is 3.51. The van der Waals surface area contributed by atoms with E-state index in [1.807, 2.05) is 60.4 Å². The molecular formula is C23H27BrN4O3. The molecule has 3 aromatic rings. The summed E-state index contributed by atoms with van der Waals surface area (Å²) in [6, 6.07) is 11.4. The Morgan fingerprint density at radius 2 is 2.00 bits per heavy atom. The number of halogens is 1. The third-order valence-electron chi connectivity index (χ3n) is 4.70. The van der Waals surface area contributed by atoms with E-state index in [9.17, 15) is 4.79 Å². The second-order valence-electron chi connectivity index (χ2n) is 7.09. The number of nitrogens with zero attached hydrogens (tertiary/aromatic N) is 2. The van der Waals surface area contributed by atoms with Crippen molar-refractivity contribution in [1.82, 2.24) is 14.9 Å². The number of imidazole rings is 1. The van der Waals surface area contributed by atoms with Gasteiger partial charge in [0.2, 0.25) is 0 Å². The Hall–Kier alpha value is -2.84. The lowest BCUT2D eigenvalue weighted by Crippen LogP contribution is -2.22. The summed E-state index contributed by atoms with van der Waals surface area (Å²) in [6.45, 7) is 4.19. The number of aryl methyl sites for hydroxylation is 2. The molecule has 164 valence electrons. The van der Waals surface area contributed by atoms with Crippen LogP contribution in [0.3, 0.4) is 0 Å². The van der Waals surface area contributed by atoms with Gasteiger partial charge in [-0.25, -0.2) is 4.98 Å². The normalized spacial score (nSPS) is 10.7. The summed E-state index contributed by atoms with van der Waals surface area (Å²) in [5.74, 6) is 0.907. The highest BCUT2D eigenvalue weighted by molar-refractivity contribution is 9.10. The molecule has 1 aromatic heterocycles. The first-order valence-corrected chi connectivity index (χ1v) is 10.9. The predicted molar refractivity (Wildman–Crippen MR) is 125 cm³/mol. The highest BCUT2D eigenvalue weighted by atomic mass is 79.9. The van der Waals surface area contributed by atoms with Gasteiger partial charge in [0.25, 0.3) is 5.91 Å². The van der Waals surface area contributed by atoms with Crippen molar-refractivity contribution in [1.29, 1.82) is 0 Å². The molecule has 0 saturated carbocycles. The molecule has 8 heteroatoms. The van der Waals surface area contributed by atoms with Crippen molar-refractivity contribution < 1.29 is 14.3 Å². The maximum atomic E-state index is 12.4. The van der Waals surface area contributed by atoms with Gasteiger partial charge in [0.15, 0.2) is 18.1 Å². The monoisotopic (exact) mass is 486 g/mol. The van der Waals surface area contributed by atoms with E-state index >= 15 is 0 Å². The van der Waals surface area contributed by atoms with E-state index in [4.69, 9.17) is 9.47 Å². The molecule has 0 radical (unpaired) electrons. The molecule has 1 heterocycles. The summed E-state index contributed by atoms with van der Waals surface area (Å²) in [4.78, 5) is 16.4. The van der Waals surface area contributed by atoms with Crippen LogP contribution in [0.1, 0.15) is 17.5 Å². The summed E-state index contributed by atoms with van der Waals surface area (Å²) < 4.78 is 14.3. The van der Waals surface area contributed by atoms with E-state index in [1.54, 1.807) is 13.3 Å². The van der Waals surface area contributed by atoms with E-state index < -0.39 is 0 Å². The highest BCUT2D eigenvalue weighted by Crippen LogP contribution is 2.36. The Bertz CT molecular complexity index is 975. The average Bonchev–Trinajstić information content (AvgIpc) is 3.28. The van der Waals surface area contributed by atoms with Gasteiger partial charge in [0, 0.05) is 41.2 Å². The molecule has 2 N–H and O–H groups in total. The van der Waals surface area contributed by atoms with Crippen LogP contribution in [0.4, 0.5) is 5.69 Å². The summed E-state index contributed by atoms with van der Waals surface area (Å²) in [5, 5.41) is 6.27. The van der Waals surface area contributed by atoms with Crippen LogP contribution in [0.2, 0.25) is 0 Å². The number of nitrogens with one attached hydrogen (secondary N) is 2. The van der Waals surface area contributed by atoms with Crippen LogP contribution in [-0.4, -0.2) is 35.7 Å². The molecule has 0 bridgehead atoms. The van der Waals surface area contributed by atoms with Crippen LogP contribution in [-0.2, 0) is 17.9 Å². The first-order chi connectivity index (χ1) is 15.1. The van der Waals surface area contributed by atoms with Crippen molar-refractivity contribution in [2.45, 2.75) is 26.4 Å². The fourth-order valence-electron chi connectivity index (χ4n) is 3.06. The number of rotatable bonds is 11. The summed E-state index contributed by atoms with van der Waals surface area (Å²) in [5.41, 5.74) is 2.78. The van der Waals surface area contributed by atoms with Gasteiger partial charge in [-0.15, -0.1) is 0 Å². The molecule has 2 aromatic carbocycles. The molecule has 7 nitrogen and oxygen atoms in total. The third-order valence-corrected chi connectivity index (χ3v) is 5.44. The van der Waals surface area contributed by atoms with Gasteiger partial charge < -0.3 is 24.7 Å². The number of benzene rings is 2. The molecule has 0 aliphatic heterocycles. The molecule has 0 saturated heterocycles. The molecule has 0 aliphatic rings. The van der Waals surface area contributed by atoms with Crippen LogP contribution >= 0.6 is 15.9 Å². The summed E-state index contributed by atoms with van der Waals surface area (Å²) in [7, 11) is 1.59. The second kappa shape index (κ2) is 11.5. The Kier molecular flexibility index (Phi) is 8.49. The van der Waals surface area contributed by atoms with Crippen molar-refractivity contribution in [3.05, 3.63) is 70.7 Å². The number of carbonyl (C=O) groups is 1. The number of ether oxygens (including phenoxy) is 2. The van der Waals surface area contributed by atoms with Crippen molar-refractivity contribution in [3.8, 4) is 11.5 Å². The topological polar surface area (TPSA) is 77.4 Å². The van der Waals surface area contributed by atoms with E-state index in [-0.39, 0.29) is 12.5 Å². The molecular weight excluding hydrogens is 460 g/mol. The Morgan fingerprint density at radius 3 is 2.71 bits per heavy atom. The van der Waals surface area contributed by atoms with E-state index in [0.717, 1.165) is 40.8 Å². The smallest absolute Gasteiger partial charge is 0.262 e. The van der Waals surface area contributed by atoms with Gasteiger partial charge in [-0.2, -0.15) is 0 Å². The zero-order valence-electron chi connectivity index (χ0n) is 17.7. The molecule has 0 spiro atoms. The molecule has 3 rings (SSSR count). The molecule has 0 aliphatic carbocycles. The number of methoxy groups -OCH3 is 1. The number of amides is 1. The second-order valence-corrected chi connectivity index (χ2v) is 7.95. The van der Waals surface area contributed by atoms with Crippen LogP contribution in [0.15, 0.2) is 59.6 Å². The van der Waals surface area contributed by atoms with E-state index in [2.05, 4.69) is 31.5 Å². The highest BCUT2D eigenvalue weighted by Gasteiger charge is 2.16. The van der Waals surface area contributed by atoms with E-state index in [1.165, 1.54) is 0 Å². The maximum absolute atomic E-state index is 12.4. The largest absolute Gasteiger partial charge is 0.493 e. The van der Waals surface area contributed by atoms with Crippen LogP contribution in [0.5, 0.6) is 11.5 Å². The minimum Gasteiger partial charge on any atom is -0.493 e. The lowest BCUT2D eigenvalue weighted by molar-refractivity contribution is -0.118. The van der Waals surface area contributed by atoms with Crippen molar-refractivity contribution >= 4 is 27.5 Å². The molecule has 0 fully saturated rings. The molecule has 31 heavy (non-hydrogen) atoms. The molecule has 0 atom stereocenters. The average molecular weight is 487 g/mol. The zero-order valence-corrected chi connectivity index (χ0v) is 19.3. The minimum absolute atomic E-state index is 0.117. The fraction of sp³-hybridized carbons (Fsp3) is 0.304. The summed E-state index contributed by atoms with van der Waals surface area (Å²) in [6.07, 6.45) is 6.50. The van der Waals surface area contributed by atoms with Crippen LogP contribution < -0.4 is 20.1 Å². The minimum atomic E-state index is -0.231. The predicted octanol–water partition coefficient (Wildman–Crippen LogP) is 4.16. The molecule has 0 unspecified atom stereocenters. The summed E-state index contributed by atoms with van der Waals surface area (Å²) >= 11 is 3.59. The number of hydrogen-bond donors (Lipinski definition) is 2. The Labute approximate surface area is 190 Å².